The molecule has 12 heavy (non-hydrogen) atoms. The molecular weight excluding hydrogens is 195 g/mol. The van der Waals surface area contributed by atoms with Gasteiger partial charge in [0, 0.05) is 0 Å². The molecule has 0 aromatic heterocycles. The van der Waals surface area contributed by atoms with Gasteiger partial charge in [0.25, 0.3) is 0 Å². The largest absolute Gasteiger partial charge is 0.316 e. The van der Waals surface area contributed by atoms with E-state index >= 15 is 0 Å². The third-order valence-electron chi connectivity index (χ3n) is 0. The van der Waals surface area contributed by atoms with E-state index in [-0.39, 0.29) is 74.2 Å². The molecule has 0 fully saturated rings. The van der Waals surface area contributed by atoms with E-state index in [1.807, 2.05) is 0 Å². The second kappa shape index (κ2) is 920. The summed E-state index contributed by atoms with van der Waals surface area (Å²) in [7, 11) is -0.250. The summed E-state index contributed by atoms with van der Waals surface area (Å²) >= 11 is 0. The van der Waals surface area contributed by atoms with Crippen molar-refractivity contribution in [2.45, 2.75) is 0 Å². The first-order valence-corrected chi connectivity index (χ1v) is 0.494. The Kier molecular flexibility index (Phi) is 25700. The van der Waals surface area contributed by atoms with Gasteiger partial charge in [0.2, 0.25) is 0 Å². The van der Waals surface area contributed by atoms with Gasteiger partial charge in [-0.25, -0.2) is 0 Å². The zero-order valence-corrected chi connectivity index (χ0v) is 5.43. The molecule has 0 atom stereocenters. The molecule has 84 valence electrons. The van der Waals surface area contributed by atoms with Gasteiger partial charge in [0.05, 0.1) is 0 Å². The third kappa shape index (κ3) is 67900. The fourth-order valence-corrected chi connectivity index (χ4v) is 0. The average molecular weight is 214 g/mol. The topological polar surface area (TPSA) is 289 Å². The Labute approximate surface area is 84.5 Å². The van der Waals surface area contributed by atoms with Gasteiger partial charge in [0.15, 0.2) is 0 Å². The Morgan fingerprint density at radius 1 is 0.667 bits per heavy atom. The van der Waals surface area contributed by atoms with Crippen LogP contribution in [0.4, 0.5) is 0 Å². The van der Waals surface area contributed by atoms with E-state index < -0.39 is 0 Å². The van der Waals surface area contributed by atoms with Crippen LogP contribution in [0.15, 0.2) is 0 Å². The summed E-state index contributed by atoms with van der Waals surface area (Å²) in [5.74, 6) is 0. The predicted octanol–water partition coefficient (Wildman–Crippen LogP) is -8.57. The molecule has 0 amide bonds. The van der Waals surface area contributed by atoms with Gasteiger partial charge in [-0.15, -0.1) is 0 Å². The molecule has 0 radical (unpaired) electrons. The van der Waals surface area contributed by atoms with Crippen LogP contribution >= 0.6 is 0 Å². The Bertz CT molecular complexity index is 17.3. The van der Waals surface area contributed by atoms with Crippen LogP contribution in [-0.4, -0.2) is 79.2 Å². The van der Waals surface area contributed by atoms with Gasteiger partial charge in [-0.3, -0.25) is 0 Å². The molecule has 0 aromatic carbocycles. The summed E-state index contributed by atoms with van der Waals surface area (Å²) in [6.45, 7) is 0. The molecule has 0 saturated carbocycles. The Morgan fingerprint density at radius 2 is 0.667 bits per heavy atom. The predicted molar refractivity (Wildman–Crippen MR) is 46.1 cm³/mol. The van der Waals surface area contributed by atoms with Crippen LogP contribution in [0.25, 0.3) is 0 Å². The first-order chi connectivity index (χ1) is 1.41. The molecule has 0 rings (SSSR count). The van der Waals surface area contributed by atoms with Crippen LogP contribution in [0, 0.1) is 0 Å². The monoisotopic (exact) mass is 214 g/mol. The van der Waals surface area contributed by atoms with Crippen LogP contribution in [-0.2, 0) is 4.70 Å². The van der Waals surface area contributed by atoms with E-state index in [1.165, 1.54) is 0 Å². The maximum Gasteiger partial charge on any atom is 0.316 e. The summed E-state index contributed by atoms with van der Waals surface area (Å²) in [5, 5.41) is 6.89. The van der Waals surface area contributed by atoms with Crippen molar-refractivity contribution in [1.82, 2.24) is 0 Å². The molecular formula is H19BMgO10. The molecule has 0 unspecified atom stereocenters. The molecule has 17 N–H and O–H groups in total. The fourth-order valence-electron chi connectivity index (χ4n) is 0. The van der Waals surface area contributed by atoms with Crippen molar-refractivity contribution in [3.05, 3.63) is 0 Å². The summed E-state index contributed by atoms with van der Waals surface area (Å²) in [4.78, 5) is 0. The molecule has 0 bridgehead atoms. The van der Waals surface area contributed by atoms with Crippen LogP contribution < -0.4 is 0 Å². The molecule has 0 aliphatic heterocycles. The summed E-state index contributed by atoms with van der Waals surface area (Å²) < 4.78 is 8.36. The van der Waals surface area contributed by atoms with Crippen molar-refractivity contribution in [2.24, 2.45) is 0 Å². The molecule has 0 spiro atoms. The first-order valence-electron chi connectivity index (χ1n) is 0.494. The van der Waals surface area contributed by atoms with Crippen molar-refractivity contribution in [2.75, 3.05) is 0 Å². The maximum atomic E-state index is 8.36. The first kappa shape index (κ1) is 335. The molecule has 10 nitrogen and oxygen atoms in total. The number of hydrogen-bond acceptors (Lipinski definition) is 1. The molecule has 0 aliphatic rings. The molecule has 0 saturated heterocycles. The smallest absolute Gasteiger partial charge is 0.316 e. The molecule has 12 heteroatoms. The van der Waals surface area contributed by atoms with Crippen molar-refractivity contribution < 1.29 is 53.5 Å². The van der Waals surface area contributed by atoms with Crippen molar-refractivity contribution in [3.8, 4) is 0 Å². The third-order valence-corrected chi connectivity index (χ3v) is 0. The second-order valence-electron chi connectivity index (χ2n) is 0.105. The van der Waals surface area contributed by atoms with Crippen molar-refractivity contribution in [1.29, 1.82) is 0 Å². The van der Waals surface area contributed by atoms with Gasteiger partial charge < -0.3 is 43.8 Å². The quantitative estimate of drug-likeness (QED) is 0.384. The van der Waals surface area contributed by atoms with Gasteiger partial charge >= 0.3 is 40.1 Å². The Balaban J connectivity index is -0.000000000556. The van der Waals surface area contributed by atoms with E-state index in [0.717, 1.165) is 0 Å². The number of rotatable bonds is 0. The summed E-state index contributed by atoms with van der Waals surface area (Å²) in [6, 6.07) is 0. The fraction of sp³-hybridized carbons (Fsp3) is 0. The molecule has 0 aliphatic carbocycles. The van der Waals surface area contributed by atoms with Gasteiger partial charge in [-0.2, -0.15) is 0 Å². The van der Waals surface area contributed by atoms with Gasteiger partial charge in [-0.05, 0) is 0 Å². The standard InChI is InChI=1S/BHO2.Mg.8H2O.2H/c2-1-3;;;;;;;;;;;/h2H;;8*1H2;;. The second-order valence-corrected chi connectivity index (χ2v) is 0.105. The van der Waals surface area contributed by atoms with Gasteiger partial charge in [0.1, 0.15) is 0 Å². The van der Waals surface area contributed by atoms with Gasteiger partial charge in [-0.1, -0.05) is 0 Å². The SMILES string of the molecule is O.O.O.O.O.O.O.O.O=BO.[MgH2]. The van der Waals surface area contributed by atoms with E-state index in [4.69, 9.17) is 9.73 Å². The molecule has 0 heterocycles. The minimum Gasteiger partial charge on any atom is 0.316 e. The Morgan fingerprint density at radius 3 is 0.667 bits per heavy atom. The summed E-state index contributed by atoms with van der Waals surface area (Å²) in [6.07, 6.45) is 0. The normalized spacial score (nSPS) is 0.667. The summed E-state index contributed by atoms with van der Waals surface area (Å²) in [5.41, 5.74) is 0. The Hall–Kier alpha value is 0.111. The van der Waals surface area contributed by atoms with Crippen LogP contribution in [0.3, 0.4) is 0 Å². The van der Waals surface area contributed by atoms with Crippen molar-refractivity contribution in [3.63, 3.8) is 0 Å². The van der Waals surface area contributed by atoms with E-state index in [0.29, 0.717) is 0 Å². The van der Waals surface area contributed by atoms with Crippen LogP contribution in [0.2, 0.25) is 0 Å². The number of hydrogen-bond donors (Lipinski definition) is 1. The molecule has 0 aromatic rings. The van der Waals surface area contributed by atoms with E-state index in [2.05, 4.69) is 0 Å². The average Bonchev–Trinajstić information content (AvgIpc) is 0.918. The zero-order valence-electron chi connectivity index (χ0n) is 5.43. The van der Waals surface area contributed by atoms with Crippen LogP contribution in [0.1, 0.15) is 0 Å². The van der Waals surface area contributed by atoms with E-state index in [9.17, 15) is 0 Å². The minimum absolute atomic E-state index is 0. The van der Waals surface area contributed by atoms with Crippen molar-refractivity contribution >= 4 is 30.4 Å². The van der Waals surface area contributed by atoms with E-state index in [1.54, 1.807) is 0 Å². The minimum atomic E-state index is -0.250. The van der Waals surface area contributed by atoms with Crippen LogP contribution in [0.5, 0.6) is 0 Å². The zero-order chi connectivity index (χ0) is 2.71. The maximum absolute atomic E-state index is 8.36.